The number of aliphatic hydroxyl groups is 2. The maximum atomic E-state index is 14.5. The van der Waals surface area contributed by atoms with E-state index in [0.29, 0.717) is 12.8 Å². The van der Waals surface area contributed by atoms with E-state index >= 15 is 0 Å². The molecular formula is C29H33N6O10P. The summed E-state index contributed by atoms with van der Waals surface area (Å²) in [5, 5.41) is 28.0. The molecule has 0 amide bonds. The molecule has 1 saturated carbocycles. The highest BCUT2D eigenvalue weighted by Crippen LogP contribution is 2.49. The van der Waals surface area contributed by atoms with E-state index in [0.717, 1.165) is 35.2 Å². The number of nitrogens with zero attached hydrogens (tertiary/aromatic N) is 4. The van der Waals surface area contributed by atoms with Gasteiger partial charge in [-0.05, 0) is 42.0 Å². The molecule has 2 aromatic carbocycles. The van der Waals surface area contributed by atoms with Gasteiger partial charge in [-0.15, -0.1) is 0 Å². The number of carbonyl (C=O) groups excluding carboxylic acids is 1. The summed E-state index contributed by atoms with van der Waals surface area (Å²) < 4.78 is 38.1. The second kappa shape index (κ2) is 14.4. The summed E-state index contributed by atoms with van der Waals surface area (Å²) in [6.45, 7) is -0.990. The van der Waals surface area contributed by atoms with E-state index < -0.39 is 61.8 Å². The van der Waals surface area contributed by atoms with Crippen molar-refractivity contribution in [3.63, 3.8) is 0 Å². The molecule has 2 fully saturated rings. The number of carbonyl (C=O) groups is 1. The Morgan fingerprint density at radius 2 is 1.80 bits per heavy atom. The second-order valence-corrected chi connectivity index (χ2v) is 12.6. The number of H-pyrrole nitrogens is 1. The molecule has 3 aromatic rings. The van der Waals surface area contributed by atoms with Crippen LogP contribution in [0.5, 0.6) is 5.75 Å². The van der Waals surface area contributed by atoms with Gasteiger partial charge >= 0.3 is 19.4 Å². The van der Waals surface area contributed by atoms with Crippen LogP contribution in [-0.2, 0) is 30.0 Å². The van der Waals surface area contributed by atoms with E-state index in [9.17, 15) is 34.7 Å². The zero-order valence-corrected chi connectivity index (χ0v) is 25.3. The van der Waals surface area contributed by atoms with Crippen LogP contribution in [0.2, 0.25) is 0 Å². The molecule has 1 saturated heterocycles. The second-order valence-electron chi connectivity index (χ2n) is 10.9. The zero-order valence-electron chi connectivity index (χ0n) is 24.5. The number of benzene rings is 2. The maximum Gasteiger partial charge on any atom is 0.459 e. The molecule has 6 atom stereocenters. The van der Waals surface area contributed by atoms with Crippen LogP contribution in [0.1, 0.15) is 37.5 Å². The number of rotatable bonds is 13. The average molecular weight is 657 g/mol. The molecule has 0 spiro atoms. The van der Waals surface area contributed by atoms with E-state index in [2.05, 4.69) is 15.1 Å². The molecule has 5 rings (SSSR count). The number of aromatic amines is 1. The van der Waals surface area contributed by atoms with E-state index in [1.165, 1.54) is 12.1 Å². The summed E-state index contributed by atoms with van der Waals surface area (Å²) in [6, 6.07) is 16.8. The van der Waals surface area contributed by atoms with Crippen molar-refractivity contribution in [2.24, 2.45) is 11.0 Å². The number of hydrogen-bond donors (Lipinski definition) is 4. The first-order chi connectivity index (χ1) is 22.1. The van der Waals surface area contributed by atoms with Gasteiger partial charge in [-0.25, -0.2) is 9.36 Å². The van der Waals surface area contributed by atoms with Crippen molar-refractivity contribution in [3.8, 4) is 5.75 Å². The number of hydrogen-bond acceptors (Lipinski definition) is 11. The van der Waals surface area contributed by atoms with Gasteiger partial charge in [0.15, 0.2) is 6.23 Å². The summed E-state index contributed by atoms with van der Waals surface area (Å²) >= 11 is 0. The van der Waals surface area contributed by atoms with Crippen LogP contribution < -0.4 is 20.9 Å². The zero-order chi connectivity index (χ0) is 32.7. The molecule has 1 unspecified atom stereocenters. The Balaban J connectivity index is 1.43. The summed E-state index contributed by atoms with van der Waals surface area (Å²) in [4.78, 5) is 42.1. The molecule has 46 heavy (non-hydrogen) atoms. The minimum absolute atomic E-state index is 0.0291. The first-order valence-electron chi connectivity index (χ1n) is 14.5. The van der Waals surface area contributed by atoms with Gasteiger partial charge < -0.3 is 24.2 Å². The largest absolute Gasteiger partial charge is 0.460 e. The minimum Gasteiger partial charge on any atom is -0.460 e. The number of para-hydroxylation sites is 1. The molecular weight excluding hydrogens is 623 g/mol. The molecule has 0 bridgehead atoms. The van der Waals surface area contributed by atoms with E-state index in [4.69, 9.17) is 18.5 Å². The standard InChI is InChI=1S/C29H33N6O10P/c30-34-33-29(25(38)24(37)26(44-29)35-16-15-22(36)31-28(35)40)18-43-46(41,45-21-13-5-2-6-14-21)32-23(20-11-7-8-12-20)27(39)42-17-19-9-3-1-4-10-19/h1-6,9-10,13-16,20,23-26,37-38H,7-8,11-12,17-18H2,(H,32,41)(H,31,36,40)/t23-,24-,25+,26+,29+,46?/m0/s1. The summed E-state index contributed by atoms with van der Waals surface area (Å²) in [7, 11) is -4.60. The fourth-order valence-electron chi connectivity index (χ4n) is 5.44. The van der Waals surface area contributed by atoms with Gasteiger partial charge in [0.25, 0.3) is 5.56 Å². The lowest BCUT2D eigenvalue weighted by molar-refractivity contribution is -0.148. The molecule has 1 aromatic heterocycles. The van der Waals surface area contributed by atoms with Crippen molar-refractivity contribution in [2.75, 3.05) is 6.61 Å². The fourth-order valence-corrected chi connectivity index (χ4v) is 7.04. The van der Waals surface area contributed by atoms with Gasteiger partial charge in [0.05, 0.1) is 6.61 Å². The third-order valence-corrected chi connectivity index (χ3v) is 9.31. The quantitative estimate of drug-likeness (QED) is 0.0687. The third kappa shape index (κ3) is 7.57. The van der Waals surface area contributed by atoms with Gasteiger partial charge in [-0.2, -0.15) is 5.09 Å². The Morgan fingerprint density at radius 1 is 1.13 bits per heavy atom. The molecule has 17 heteroatoms. The van der Waals surface area contributed by atoms with Crippen molar-refractivity contribution in [2.45, 2.75) is 62.5 Å². The summed E-state index contributed by atoms with van der Waals surface area (Å²) in [5.74, 6) is -0.868. The van der Waals surface area contributed by atoms with Crippen molar-refractivity contribution in [3.05, 3.63) is 110 Å². The van der Waals surface area contributed by atoms with Crippen molar-refractivity contribution < 1.29 is 38.1 Å². The van der Waals surface area contributed by atoms with E-state index in [1.54, 1.807) is 42.5 Å². The number of nitrogens with one attached hydrogen (secondary N) is 2. The number of aromatic nitrogens is 2. The van der Waals surface area contributed by atoms with Gasteiger partial charge in [0.1, 0.15) is 30.6 Å². The number of esters is 1. The number of ether oxygens (including phenoxy) is 2. The summed E-state index contributed by atoms with van der Waals surface area (Å²) in [5.41, 5.74) is 5.98. The van der Waals surface area contributed by atoms with Crippen molar-refractivity contribution in [1.82, 2.24) is 14.6 Å². The molecule has 244 valence electrons. The molecule has 16 nitrogen and oxygen atoms in total. The lowest BCUT2D eigenvalue weighted by atomic mass is 9.99. The Hall–Kier alpha value is -4.27. The minimum atomic E-state index is -4.60. The Labute approximate surface area is 262 Å². The monoisotopic (exact) mass is 656 g/mol. The fraction of sp³-hybridized carbons (Fsp3) is 0.414. The van der Waals surface area contributed by atoms with Gasteiger partial charge in [0.2, 0.25) is 5.72 Å². The lowest BCUT2D eigenvalue weighted by Crippen LogP contribution is -2.46. The van der Waals surface area contributed by atoms with E-state index in [1.807, 2.05) is 11.1 Å². The van der Waals surface area contributed by atoms with Crippen LogP contribution in [0.4, 0.5) is 0 Å². The Bertz CT molecular complexity index is 1710. The molecule has 0 radical (unpaired) electrons. The van der Waals surface area contributed by atoms with Gasteiger partial charge in [-0.3, -0.25) is 23.7 Å². The van der Waals surface area contributed by atoms with Crippen LogP contribution in [0.25, 0.3) is 10.4 Å². The predicted molar refractivity (Wildman–Crippen MR) is 161 cm³/mol. The Kier molecular flexibility index (Phi) is 10.4. The highest BCUT2D eigenvalue weighted by molar-refractivity contribution is 7.52. The predicted octanol–water partition coefficient (Wildman–Crippen LogP) is 2.89. The van der Waals surface area contributed by atoms with Gasteiger partial charge in [0, 0.05) is 17.2 Å². The van der Waals surface area contributed by atoms with Crippen molar-refractivity contribution in [1.29, 1.82) is 0 Å². The van der Waals surface area contributed by atoms with Crippen LogP contribution in [0, 0.1) is 5.92 Å². The molecule has 1 aliphatic carbocycles. The van der Waals surface area contributed by atoms with Gasteiger partial charge in [-0.1, -0.05) is 66.5 Å². The van der Waals surface area contributed by atoms with Crippen LogP contribution in [-0.4, -0.2) is 56.3 Å². The first kappa shape index (κ1) is 33.1. The topological polar surface area (TPSA) is 227 Å². The van der Waals surface area contributed by atoms with Crippen LogP contribution in [0.15, 0.2) is 87.6 Å². The molecule has 2 aliphatic rings. The molecule has 4 N–H and O–H groups in total. The normalized spacial score (nSPS) is 24.9. The highest BCUT2D eigenvalue weighted by Gasteiger charge is 2.56. The number of azide groups is 1. The maximum absolute atomic E-state index is 14.5. The molecule has 1 aliphatic heterocycles. The Morgan fingerprint density at radius 3 is 2.46 bits per heavy atom. The SMILES string of the molecule is [N-]=[N+]=N[C@]1(COP(=O)(N[C@H](C(=O)OCc2ccccc2)C2CCCC2)Oc2ccccc2)O[C@@H](n2ccc(=O)[nH]c2=O)[C@@H](O)[C@H]1O. The molecule has 2 heterocycles. The van der Waals surface area contributed by atoms with Crippen LogP contribution >= 0.6 is 7.75 Å². The smallest absolute Gasteiger partial charge is 0.459 e. The number of aliphatic hydroxyl groups excluding tert-OH is 2. The van der Waals surface area contributed by atoms with Crippen molar-refractivity contribution >= 4 is 13.7 Å². The highest BCUT2D eigenvalue weighted by atomic mass is 31.2. The van der Waals surface area contributed by atoms with Crippen LogP contribution in [0.3, 0.4) is 0 Å². The summed E-state index contributed by atoms with van der Waals surface area (Å²) in [6.07, 6.45) is -1.54. The average Bonchev–Trinajstić information content (AvgIpc) is 3.67. The van der Waals surface area contributed by atoms with E-state index in [-0.39, 0.29) is 18.3 Å². The first-order valence-corrected chi connectivity index (χ1v) is 16.1. The third-order valence-electron chi connectivity index (χ3n) is 7.80. The lowest BCUT2D eigenvalue weighted by Gasteiger charge is -2.31.